The van der Waals surface area contributed by atoms with Crippen LogP contribution in [-0.4, -0.2) is 45.6 Å². The zero-order valence-corrected chi connectivity index (χ0v) is 23.8. The molecule has 1 aliphatic heterocycles. The molecule has 4 rings (SSSR count). The third kappa shape index (κ3) is 6.58. The van der Waals surface area contributed by atoms with Crippen LogP contribution >= 0.6 is 0 Å². The molecule has 5 heteroatoms. The van der Waals surface area contributed by atoms with E-state index in [4.69, 9.17) is 9.16 Å². The van der Waals surface area contributed by atoms with Gasteiger partial charge in [-0.25, -0.2) is 0 Å². The maximum Gasteiger partial charge on any atom is 0.192 e. The number of rotatable bonds is 11. The van der Waals surface area contributed by atoms with Crippen LogP contribution in [0, 0.1) is 0 Å². The fourth-order valence-corrected chi connectivity index (χ4v) is 5.47. The Hall–Kier alpha value is -2.60. The molecule has 1 fully saturated rings. The van der Waals surface area contributed by atoms with Crippen molar-refractivity contribution in [2.75, 3.05) is 25.2 Å². The standard InChI is InChI=1S/C31H42N2O2Si/c1-31(2,3)36(5,6)35-24-30(29-23-33(29)27-17-19-28(34-4)20-18-27)32(21-25-13-9-7-10-14-25)22-26-15-11-8-12-16-26/h7-20,29-30H,21-24H2,1-6H3/t29-,30-,33?/m0/s1. The summed E-state index contributed by atoms with van der Waals surface area (Å²) in [6.07, 6.45) is 0. The molecule has 0 saturated carbocycles. The summed E-state index contributed by atoms with van der Waals surface area (Å²) in [5.41, 5.74) is 3.92. The second-order valence-corrected chi connectivity index (χ2v) is 16.2. The number of benzene rings is 3. The molecule has 192 valence electrons. The Labute approximate surface area is 219 Å². The van der Waals surface area contributed by atoms with Crippen molar-refractivity contribution in [3.8, 4) is 5.75 Å². The lowest BCUT2D eigenvalue weighted by Gasteiger charge is -2.39. The lowest BCUT2D eigenvalue weighted by molar-refractivity contribution is 0.114. The van der Waals surface area contributed by atoms with Crippen molar-refractivity contribution in [2.45, 2.75) is 64.1 Å². The highest BCUT2D eigenvalue weighted by molar-refractivity contribution is 6.74. The molecule has 3 aromatic rings. The number of nitrogens with zero attached hydrogens (tertiary/aromatic N) is 2. The molecule has 0 spiro atoms. The highest BCUT2D eigenvalue weighted by atomic mass is 28.4. The minimum absolute atomic E-state index is 0.181. The van der Waals surface area contributed by atoms with Crippen molar-refractivity contribution in [2.24, 2.45) is 0 Å². The Balaban J connectivity index is 1.62. The molecule has 3 aromatic carbocycles. The van der Waals surface area contributed by atoms with Gasteiger partial charge in [0.15, 0.2) is 8.32 Å². The molecule has 1 heterocycles. The number of ether oxygens (including phenoxy) is 1. The van der Waals surface area contributed by atoms with E-state index in [1.54, 1.807) is 7.11 Å². The second kappa shape index (κ2) is 11.2. The Morgan fingerprint density at radius 3 is 1.86 bits per heavy atom. The summed E-state index contributed by atoms with van der Waals surface area (Å²) < 4.78 is 12.3. The summed E-state index contributed by atoms with van der Waals surface area (Å²) in [4.78, 5) is 5.13. The van der Waals surface area contributed by atoms with Crippen LogP contribution in [0.2, 0.25) is 18.1 Å². The van der Waals surface area contributed by atoms with Gasteiger partial charge in [-0.2, -0.15) is 0 Å². The number of anilines is 1. The van der Waals surface area contributed by atoms with Gasteiger partial charge >= 0.3 is 0 Å². The smallest absolute Gasteiger partial charge is 0.192 e. The summed E-state index contributed by atoms with van der Waals surface area (Å²) in [5, 5.41) is 0.181. The molecule has 0 aromatic heterocycles. The Morgan fingerprint density at radius 2 is 1.39 bits per heavy atom. The highest BCUT2D eigenvalue weighted by Crippen LogP contribution is 2.39. The van der Waals surface area contributed by atoms with Gasteiger partial charge in [0, 0.05) is 25.3 Å². The molecule has 0 bridgehead atoms. The van der Waals surface area contributed by atoms with Crippen molar-refractivity contribution in [1.29, 1.82) is 0 Å². The molecule has 1 aliphatic rings. The predicted molar refractivity (Wildman–Crippen MR) is 153 cm³/mol. The summed E-state index contributed by atoms with van der Waals surface area (Å²) in [6.45, 7) is 15.3. The maximum absolute atomic E-state index is 6.89. The van der Waals surface area contributed by atoms with E-state index in [1.807, 2.05) is 0 Å². The van der Waals surface area contributed by atoms with Crippen LogP contribution in [0.1, 0.15) is 31.9 Å². The molecule has 2 atom stereocenters. The minimum atomic E-state index is -1.89. The molecular weight excluding hydrogens is 460 g/mol. The van der Waals surface area contributed by atoms with Crippen LogP contribution in [0.5, 0.6) is 5.75 Å². The van der Waals surface area contributed by atoms with Crippen molar-refractivity contribution in [3.63, 3.8) is 0 Å². The lowest BCUT2D eigenvalue weighted by atomic mass is 10.1. The number of hydrogen-bond donors (Lipinski definition) is 0. The average molecular weight is 503 g/mol. The van der Waals surface area contributed by atoms with Gasteiger partial charge in [0.05, 0.1) is 25.8 Å². The fraction of sp³-hybridized carbons (Fsp3) is 0.419. The van der Waals surface area contributed by atoms with Crippen LogP contribution < -0.4 is 9.64 Å². The molecule has 0 amide bonds. The summed E-state index contributed by atoms with van der Waals surface area (Å²) in [5.74, 6) is 0.893. The zero-order valence-electron chi connectivity index (χ0n) is 22.8. The second-order valence-electron chi connectivity index (χ2n) is 11.4. The monoisotopic (exact) mass is 502 g/mol. The topological polar surface area (TPSA) is 24.7 Å². The average Bonchev–Trinajstić information content (AvgIpc) is 3.65. The third-order valence-corrected chi connectivity index (χ3v) is 12.3. The number of methoxy groups -OCH3 is 1. The first-order chi connectivity index (χ1) is 17.2. The van der Waals surface area contributed by atoms with E-state index in [0.717, 1.165) is 32.0 Å². The Kier molecular flexibility index (Phi) is 8.23. The van der Waals surface area contributed by atoms with Crippen molar-refractivity contribution < 1.29 is 9.16 Å². The fourth-order valence-electron chi connectivity index (χ4n) is 4.45. The maximum atomic E-state index is 6.89. The van der Waals surface area contributed by atoms with Crippen LogP contribution in [0.4, 0.5) is 5.69 Å². The highest BCUT2D eigenvalue weighted by Gasteiger charge is 2.45. The third-order valence-electron chi connectivity index (χ3n) is 7.85. The largest absolute Gasteiger partial charge is 0.497 e. The Morgan fingerprint density at radius 1 is 0.861 bits per heavy atom. The number of hydrogen-bond acceptors (Lipinski definition) is 4. The molecule has 0 radical (unpaired) electrons. The first-order valence-corrected chi connectivity index (χ1v) is 16.0. The van der Waals surface area contributed by atoms with E-state index < -0.39 is 8.32 Å². The summed E-state index contributed by atoms with van der Waals surface area (Å²) >= 11 is 0. The SMILES string of the molecule is COc1ccc(N2C[C@H]2[C@H](CO[Si](C)(C)C(C)(C)C)N(Cc2ccccc2)Cc2ccccc2)cc1. The van der Waals surface area contributed by atoms with Gasteiger partial charge in [0.1, 0.15) is 5.75 Å². The quantitative estimate of drug-likeness (QED) is 0.209. The van der Waals surface area contributed by atoms with Gasteiger partial charge in [0.25, 0.3) is 0 Å². The Bertz CT molecular complexity index is 1040. The van der Waals surface area contributed by atoms with Crippen LogP contribution in [0.15, 0.2) is 84.9 Å². The zero-order chi connectivity index (χ0) is 25.8. The van der Waals surface area contributed by atoms with E-state index in [-0.39, 0.29) is 11.1 Å². The molecular formula is C31H42N2O2Si. The van der Waals surface area contributed by atoms with Crippen molar-refractivity contribution >= 4 is 14.0 Å². The normalized spacial score (nSPS) is 16.8. The van der Waals surface area contributed by atoms with E-state index in [2.05, 4.69) is 129 Å². The van der Waals surface area contributed by atoms with E-state index in [9.17, 15) is 0 Å². The van der Waals surface area contributed by atoms with Crippen LogP contribution in [-0.2, 0) is 17.5 Å². The molecule has 4 nitrogen and oxygen atoms in total. The minimum Gasteiger partial charge on any atom is -0.497 e. The van der Waals surface area contributed by atoms with Crippen molar-refractivity contribution in [1.82, 2.24) is 4.90 Å². The molecule has 0 N–H and O–H groups in total. The summed E-state index contributed by atoms with van der Waals surface area (Å²) in [7, 11) is -0.174. The summed E-state index contributed by atoms with van der Waals surface area (Å²) in [6, 6.07) is 30.8. The molecule has 1 saturated heterocycles. The predicted octanol–water partition coefficient (Wildman–Crippen LogP) is 6.98. The van der Waals surface area contributed by atoms with Gasteiger partial charge in [-0.15, -0.1) is 0 Å². The van der Waals surface area contributed by atoms with E-state index in [0.29, 0.717) is 6.04 Å². The molecule has 0 unspecified atom stereocenters. The van der Waals surface area contributed by atoms with E-state index >= 15 is 0 Å². The van der Waals surface area contributed by atoms with Gasteiger partial charge < -0.3 is 14.1 Å². The van der Waals surface area contributed by atoms with Crippen molar-refractivity contribution in [3.05, 3.63) is 96.1 Å². The molecule has 0 aliphatic carbocycles. The first kappa shape index (κ1) is 26.5. The van der Waals surface area contributed by atoms with Gasteiger partial charge in [0.2, 0.25) is 0 Å². The van der Waals surface area contributed by atoms with Gasteiger partial charge in [-0.05, 0) is 53.5 Å². The van der Waals surface area contributed by atoms with E-state index in [1.165, 1.54) is 16.8 Å². The van der Waals surface area contributed by atoms with Gasteiger partial charge in [-0.3, -0.25) is 4.90 Å². The molecule has 36 heavy (non-hydrogen) atoms. The van der Waals surface area contributed by atoms with Gasteiger partial charge in [-0.1, -0.05) is 81.4 Å². The lowest BCUT2D eigenvalue weighted by Crippen LogP contribution is -2.48. The van der Waals surface area contributed by atoms with Crippen LogP contribution in [0.25, 0.3) is 0 Å². The first-order valence-electron chi connectivity index (χ1n) is 13.0. The van der Waals surface area contributed by atoms with Crippen LogP contribution in [0.3, 0.4) is 0 Å².